The highest BCUT2D eigenvalue weighted by atomic mass is 32.2. The van der Waals surface area contributed by atoms with Crippen molar-refractivity contribution in [2.75, 3.05) is 7.05 Å². The Morgan fingerprint density at radius 3 is 2.62 bits per heavy atom. The predicted octanol–water partition coefficient (Wildman–Crippen LogP) is 2.72. The molecule has 1 heterocycles. The van der Waals surface area contributed by atoms with Gasteiger partial charge in [0.2, 0.25) is 0 Å². The van der Waals surface area contributed by atoms with Crippen molar-refractivity contribution in [1.82, 2.24) is 14.7 Å². The Balaban J connectivity index is 2.05. The van der Waals surface area contributed by atoms with E-state index in [-0.39, 0.29) is 0 Å². The first-order valence-corrected chi connectivity index (χ1v) is 6.58. The zero-order valence-electron chi connectivity index (χ0n) is 9.23. The highest BCUT2D eigenvalue weighted by Gasteiger charge is 2.02. The van der Waals surface area contributed by atoms with E-state index in [1.54, 1.807) is 11.8 Å². The molecule has 0 amide bonds. The first-order valence-electron chi connectivity index (χ1n) is 4.99. The van der Waals surface area contributed by atoms with Gasteiger partial charge in [-0.1, -0.05) is 23.9 Å². The first kappa shape index (κ1) is 11.6. The number of rotatable bonds is 4. The predicted molar refractivity (Wildman–Crippen MR) is 68.0 cm³/mol. The third-order valence-corrected chi connectivity index (χ3v) is 3.87. The van der Waals surface area contributed by atoms with Crippen molar-refractivity contribution in [2.24, 2.45) is 0 Å². The number of aryl methyl sites for hydroxylation is 1. The van der Waals surface area contributed by atoms with Gasteiger partial charge >= 0.3 is 0 Å². The third-order valence-electron chi connectivity index (χ3n) is 2.02. The van der Waals surface area contributed by atoms with Crippen molar-refractivity contribution >= 4 is 23.3 Å². The van der Waals surface area contributed by atoms with Gasteiger partial charge in [-0.05, 0) is 43.2 Å². The molecule has 1 aromatic heterocycles. The molecule has 0 spiro atoms. The second kappa shape index (κ2) is 5.43. The molecule has 0 aliphatic rings. The highest BCUT2D eigenvalue weighted by Crippen LogP contribution is 2.28. The second-order valence-corrected chi connectivity index (χ2v) is 5.46. The second-order valence-electron chi connectivity index (χ2n) is 3.38. The SMILES string of the molecule is CNCc1ccc(Sc2nc(C)ns2)cc1. The van der Waals surface area contributed by atoms with Crippen molar-refractivity contribution in [3.8, 4) is 0 Å². The molecule has 0 atom stereocenters. The molecule has 5 heteroatoms. The topological polar surface area (TPSA) is 37.8 Å². The van der Waals surface area contributed by atoms with Gasteiger partial charge in [0.15, 0.2) is 4.34 Å². The maximum atomic E-state index is 4.32. The molecule has 2 rings (SSSR count). The number of hydrogen-bond acceptors (Lipinski definition) is 5. The lowest BCUT2D eigenvalue weighted by molar-refractivity contribution is 0.817. The molecule has 0 unspecified atom stereocenters. The van der Waals surface area contributed by atoms with Crippen LogP contribution in [0, 0.1) is 6.92 Å². The first-order chi connectivity index (χ1) is 7.78. The Hall–Kier alpha value is -0.910. The molecule has 84 valence electrons. The average Bonchev–Trinajstić information content (AvgIpc) is 2.67. The summed E-state index contributed by atoms with van der Waals surface area (Å²) in [5.41, 5.74) is 1.29. The van der Waals surface area contributed by atoms with E-state index in [1.807, 2.05) is 14.0 Å². The standard InChI is InChI=1S/C11H13N3S2/c1-8-13-11(16-14-8)15-10-5-3-9(4-6-10)7-12-2/h3-6,12H,7H2,1-2H3. The van der Waals surface area contributed by atoms with E-state index < -0.39 is 0 Å². The number of hydrogen-bond donors (Lipinski definition) is 1. The van der Waals surface area contributed by atoms with E-state index >= 15 is 0 Å². The van der Waals surface area contributed by atoms with Gasteiger partial charge in [0.25, 0.3) is 0 Å². The van der Waals surface area contributed by atoms with E-state index in [4.69, 9.17) is 0 Å². The highest BCUT2D eigenvalue weighted by molar-refractivity contribution is 8.01. The zero-order chi connectivity index (χ0) is 11.4. The van der Waals surface area contributed by atoms with Crippen LogP contribution in [0.3, 0.4) is 0 Å². The van der Waals surface area contributed by atoms with Gasteiger partial charge in [-0.25, -0.2) is 4.98 Å². The molecular weight excluding hydrogens is 238 g/mol. The number of aromatic nitrogens is 2. The molecule has 0 radical (unpaired) electrons. The number of benzene rings is 1. The van der Waals surface area contributed by atoms with Gasteiger partial charge in [-0.2, -0.15) is 4.37 Å². The van der Waals surface area contributed by atoms with Crippen molar-refractivity contribution in [3.05, 3.63) is 35.7 Å². The van der Waals surface area contributed by atoms with E-state index in [0.717, 1.165) is 16.7 Å². The average molecular weight is 251 g/mol. The van der Waals surface area contributed by atoms with Crippen LogP contribution in [0.4, 0.5) is 0 Å². The fourth-order valence-corrected chi connectivity index (χ4v) is 2.92. The quantitative estimate of drug-likeness (QED) is 0.906. The Morgan fingerprint density at radius 2 is 2.06 bits per heavy atom. The maximum absolute atomic E-state index is 4.32. The lowest BCUT2D eigenvalue weighted by Crippen LogP contribution is -2.04. The molecule has 16 heavy (non-hydrogen) atoms. The van der Waals surface area contributed by atoms with Gasteiger partial charge in [-0.3, -0.25) is 0 Å². The van der Waals surface area contributed by atoms with E-state index in [1.165, 1.54) is 22.0 Å². The molecule has 0 saturated heterocycles. The minimum atomic E-state index is 0.847. The van der Waals surface area contributed by atoms with Gasteiger partial charge in [0, 0.05) is 11.4 Å². The Labute approximate surface area is 103 Å². The maximum Gasteiger partial charge on any atom is 0.174 e. The summed E-state index contributed by atoms with van der Waals surface area (Å²) in [5.74, 6) is 0.847. The summed E-state index contributed by atoms with van der Waals surface area (Å²) in [4.78, 5) is 5.53. The monoisotopic (exact) mass is 251 g/mol. The normalized spacial score (nSPS) is 10.6. The Bertz CT molecular complexity index is 451. The van der Waals surface area contributed by atoms with Crippen LogP contribution in [0.15, 0.2) is 33.5 Å². The summed E-state index contributed by atoms with van der Waals surface area (Å²) >= 11 is 3.11. The van der Waals surface area contributed by atoms with E-state index in [9.17, 15) is 0 Å². The fourth-order valence-electron chi connectivity index (χ4n) is 1.30. The molecule has 1 aromatic carbocycles. The summed E-state index contributed by atoms with van der Waals surface area (Å²) < 4.78 is 5.16. The van der Waals surface area contributed by atoms with Crippen molar-refractivity contribution in [1.29, 1.82) is 0 Å². The van der Waals surface area contributed by atoms with Crippen molar-refractivity contribution < 1.29 is 0 Å². The lowest BCUT2D eigenvalue weighted by atomic mass is 10.2. The van der Waals surface area contributed by atoms with Crippen LogP contribution in [-0.4, -0.2) is 16.4 Å². The molecule has 3 nitrogen and oxygen atoms in total. The Morgan fingerprint density at radius 1 is 1.31 bits per heavy atom. The van der Waals surface area contributed by atoms with Crippen molar-refractivity contribution in [2.45, 2.75) is 22.7 Å². The lowest BCUT2D eigenvalue weighted by Gasteiger charge is -2.01. The fraction of sp³-hybridized carbons (Fsp3) is 0.273. The Kier molecular flexibility index (Phi) is 3.93. The molecule has 0 bridgehead atoms. The van der Waals surface area contributed by atoms with Gasteiger partial charge in [0.1, 0.15) is 5.82 Å². The molecule has 0 saturated carbocycles. The molecule has 1 N–H and O–H groups in total. The summed E-state index contributed by atoms with van der Waals surface area (Å²) in [6.45, 7) is 2.82. The minimum Gasteiger partial charge on any atom is -0.316 e. The summed E-state index contributed by atoms with van der Waals surface area (Å²) in [5, 5.41) is 3.13. The largest absolute Gasteiger partial charge is 0.316 e. The smallest absolute Gasteiger partial charge is 0.174 e. The minimum absolute atomic E-state index is 0.847. The number of nitrogens with zero attached hydrogens (tertiary/aromatic N) is 2. The van der Waals surface area contributed by atoms with Crippen LogP contribution < -0.4 is 5.32 Å². The van der Waals surface area contributed by atoms with E-state index in [0.29, 0.717) is 0 Å². The van der Waals surface area contributed by atoms with Gasteiger partial charge < -0.3 is 5.32 Å². The zero-order valence-corrected chi connectivity index (χ0v) is 10.9. The summed E-state index contributed by atoms with van der Waals surface area (Å²) in [6, 6.07) is 8.50. The van der Waals surface area contributed by atoms with E-state index in [2.05, 4.69) is 38.9 Å². The third kappa shape index (κ3) is 3.04. The summed E-state index contributed by atoms with van der Waals surface area (Å²) in [7, 11) is 1.95. The summed E-state index contributed by atoms with van der Waals surface area (Å²) in [6.07, 6.45) is 0. The van der Waals surface area contributed by atoms with Crippen molar-refractivity contribution in [3.63, 3.8) is 0 Å². The van der Waals surface area contributed by atoms with Crippen LogP contribution >= 0.6 is 23.3 Å². The molecule has 2 aromatic rings. The van der Waals surface area contributed by atoms with Gasteiger partial charge in [-0.15, -0.1) is 0 Å². The molecule has 0 aliphatic carbocycles. The van der Waals surface area contributed by atoms with Gasteiger partial charge in [0.05, 0.1) is 0 Å². The van der Waals surface area contributed by atoms with Crippen LogP contribution in [0.2, 0.25) is 0 Å². The van der Waals surface area contributed by atoms with Crippen LogP contribution in [0.1, 0.15) is 11.4 Å². The van der Waals surface area contributed by atoms with Crippen LogP contribution in [0.25, 0.3) is 0 Å². The number of nitrogens with one attached hydrogen (secondary N) is 1. The molecule has 0 aliphatic heterocycles. The molecular formula is C11H13N3S2. The van der Waals surface area contributed by atoms with Crippen LogP contribution in [-0.2, 0) is 6.54 Å². The van der Waals surface area contributed by atoms with Crippen LogP contribution in [0.5, 0.6) is 0 Å². The molecule has 0 fully saturated rings.